The number of anilines is 1. The number of hydrogen-bond donors (Lipinski definition) is 1. The Balaban J connectivity index is 1.99. The van der Waals surface area contributed by atoms with Gasteiger partial charge in [0.05, 0.1) is 23.3 Å². The molecule has 3 nitrogen and oxygen atoms in total. The average Bonchev–Trinajstić information content (AvgIpc) is 2.35. The van der Waals surface area contributed by atoms with Crippen LogP contribution in [0.4, 0.5) is 18.9 Å². The van der Waals surface area contributed by atoms with Gasteiger partial charge in [-0.25, -0.2) is 0 Å². The Morgan fingerprint density at radius 2 is 2.10 bits per heavy atom. The van der Waals surface area contributed by atoms with Crippen LogP contribution in [-0.4, -0.2) is 19.8 Å². The number of benzene rings is 1. The number of nitrogens with zero attached hydrogens (tertiary/aromatic N) is 1. The number of nitriles is 1. The summed E-state index contributed by atoms with van der Waals surface area (Å²) in [5.74, 6) is 0.466. The summed E-state index contributed by atoms with van der Waals surface area (Å²) < 4.78 is 43.1. The molecule has 0 spiro atoms. The third-order valence-corrected chi connectivity index (χ3v) is 3.57. The lowest BCUT2D eigenvalue weighted by Crippen LogP contribution is -2.34. The number of nitrogens with one attached hydrogen (secondary N) is 1. The van der Waals surface area contributed by atoms with Crippen molar-refractivity contribution in [2.24, 2.45) is 5.92 Å². The van der Waals surface area contributed by atoms with E-state index in [1.54, 1.807) is 13.2 Å². The van der Waals surface area contributed by atoms with E-state index in [-0.39, 0.29) is 5.56 Å². The van der Waals surface area contributed by atoms with Crippen molar-refractivity contribution in [1.82, 2.24) is 0 Å². The fourth-order valence-corrected chi connectivity index (χ4v) is 2.29. The molecule has 0 heterocycles. The number of ether oxygens (including phenoxy) is 1. The second kappa shape index (κ2) is 5.71. The Labute approximate surface area is 115 Å². The highest BCUT2D eigenvalue weighted by molar-refractivity contribution is 5.53. The van der Waals surface area contributed by atoms with Crippen LogP contribution in [0.3, 0.4) is 0 Å². The molecule has 0 aromatic heterocycles. The molecule has 1 aromatic carbocycles. The van der Waals surface area contributed by atoms with E-state index >= 15 is 0 Å². The summed E-state index contributed by atoms with van der Waals surface area (Å²) in [5.41, 5.74) is -0.713. The average molecular weight is 284 g/mol. The number of halogens is 3. The molecule has 1 fully saturated rings. The van der Waals surface area contributed by atoms with Gasteiger partial charge in [-0.05, 0) is 37.0 Å². The lowest BCUT2D eigenvalue weighted by molar-refractivity contribution is -0.137. The van der Waals surface area contributed by atoms with Crippen molar-refractivity contribution >= 4 is 5.69 Å². The first-order valence-corrected chi connectivity index (χ1v) is 6.32. The van der Waals surface area contributed by atoms with E-state index < -0.39 is 11.7 Å². The molecule has 0 bridgehead atoms. The van der Waals surface area contributed by atoms with Crippen molar-refractivity contribution in [3.05, 3.63) is 29.3 Å². The van der Waals surface area contributed by atoms with Crippen LogP contribution >= 0.6 is 0 Å². The molecule has 1 aliphatic carbocycles. The molecule has 20 heavy (non-hydrogen) atoms. The Morgan fingerprint density at radius 3 is 2.65 bits per heavy atom. The quantitative estimate of drug-likeness (QED) is 0.921. The van der Waals surface area contributed by atoms with Crippen molar-refractivity contribution in [2.45, 2.75) is 25.1 Å². The van der Waals surface area contributed by atoms with Gasteiger partial charge in [0.25, 0.3) is 0 Å². The van der Waals surface area contributed by atoms with Crippen LogP contribution in [0.15, 0.2) is 18.2 Å². The van der Waals surface area contributed by atoms with Crippen LogP contribution in [0.25, 0.3) is 0 Å². The maximum absolute atomic E-state index is 12.6. The van der Waals surface area contributed by atoms with Gasteiger partial charge in [-0.2, -0.15) is 18.4 Å². The van der Waals surface area contributed by atoms with Crippen molar-refractivity contribution in [2.75, 3.05) is 19.0 Å². The Kier molecular flexibility index (Phi) is 4.19. The van der Waals surface area contributed by atoms with Gasteiger partial charge in [0.1, 0.15) is 0 Å². The summed E-state index contributed by atoms with van der Waals surface area (Å²) in [6.07, 6.45) is -2.29. The Bertz CT molecular complexity index is 516. The van der Waals surface area contributed by atoms with E-state index in [0.29, 0.717) is 24.3 Å². The minimum Gasteiger partial charge on any atom is -0.385 e. The molecule has 0 unspecified atom stereocenters. The zero-order valence-corrected chi connectivity index (χ0v) is 11.0. The van der Waals surface area contributed by atoms with Crippen molar-refractivity contribution in [1.29, 1.82) is 5.26 Å². The second-order valence-electron chi connectivity index (χ2n) is 4.95. The topological polar surface area (TPSA) is 45.0 Å². The van der Waals surface area contributed by atoms with E-state index in [2.05, 4.69) is 5.32 Å². The van der Waals surface area contributed by atoms with Gasteiger partial charge in [0, 0.05) is 19.3 Å². The smallest absolute Gasteiger partial charge is 0.385 e. The number of alkyl halides is 3. The van der Waals surface area contributed by atoms with Crippen molar-refractivity contribution < 1.29 is 17.9 Å². The third-order valence-electron chi connectivity index (χ3n) is 3.57. The summed E-state index contributed by atoms with van der Waals surface area (Å²) in [7, 11) is 1.67. The number of hydrogen-bond acceptors (Lipinski definition) is 3. The lowest BCUT2D eigenvalue weighted by atomic mass is 9.82. The van der Waals surface area contributed by atoms with Crippen molar-refractivity contribution in [3.63, 3.8) is 0 Å². The van der Waals surface area contributed by atoms with Gasteiger partial charge in [-0.15, -0.1) is 0 Å². The zero-order chi connectivity index (χ0) is 14.8. The summed E-state index contributed by atoms with van der Waals surface area (Å²) in [5, 5.41) is 11.9. The number of methoxy groups -OCH3 is 1. The molecule has 1 saturated carbocycles. The van der Waals surface area contributed by atoms with Gasteiger partial charge in [-0.3, -0.25) is 0 Å². The van der Waals surface area contributed by atoms with E-state index in [1.807, 2.05) is 0 Å². The van der Waals surface area contributed by atoms with E-state index in [0.717, 1.165) is 18.9 Å². The molecule has 0 radical (unpaired) electrons. The van der Waals surface area contributed by atoms with Crippen LogP contribution in [0, 0.1) is 17.2 Å². The van der Waals surface area contributed by atoms with Crippen LogP contribution in [0.2, 0.25) is 0 Å². The summed E-state index contributed by atoms with van der Waals surface area (Å²) >= 11 is 0. The first-order valence-electron chi connectivity index (χ1n) is 6.32. The normalized spacial score (nSPS) is 21.9. The SMILES string of the molecule is COC1CC(CNc2ccc(C(F)(F)F)c(C#N)c2)C1. The molecule has 0 amide bonds. The molecule has 1 aromatic rings. The van der Waals surface area contributed by atoms with Crippen LogP contribution in [0.1, 0.15) is 24.0 Å². The van der Waals surface area contributed by atoms with Gasteiger partial charge >= 0.3 is 6.18 Å². The van der Waals surface area contributed by atoms with Crippen LogP contribution in [0.5, 0.6) is 0 Å². The minimum atomic E-state index is -4.50. The molecular weight excluding hydrogens is 269 g/mol. The highest BCUT2D eigenvalue weighted by Gasteiger charge is 2.33. The van der Waals surface area contributed by atoms with E-state index in [9.17, 15) is 13.2 Å². The third kappa shape index (κ3) is 3.23. The lowest BCUT2D eigenvalue weighted by Gasteiger charge is -2.34. The van der Waals surface area contributed by atoms with E-state index in [1.165, 1.54) is 12.1 Å². The zero-order valence-electron chi connectivity index (χ0n) is 11.0. The molecule has 1 N–H and O–H groups in total. The Morgan fingerprint density at radius 1 is 1.40 bits per heavy atom. The van der Waals surface area contributed by atoms with Gasteiger partial charge in [-0.1, -0.05) is 0 Å². The number of rotatable bonds is 4. The fraction of sp³-hybridized carbons (Fsp3) is 0.500. The summed E-state index contributed by atoms with van der Waals surface area (Å²) in [6.45, 7) is 0.677. The fourth-order valence-electron chi connectivity index (χ4n) is 2.29. The predicted molar refractivity (Wildman–Crippen MR) is 68.2 cm³/mol. The van der Waals surface area contributed by atoms with Crippen molar-refractivity contribution in [3.8, 4) is 6.07 Å². The molecular formula is C14H15F3N2O. The maximum Gasteiger partial charge on any atom is 0.417 e. The monoisotopic (exact) mass is 284 g/mol. The molecule has 6 heteroatoms. The molecule has 0 atom stereocenters. The Hall–Kier alpha value is -1.74. The second-order valence-corrected chi connectivity index (χ2v) is 4.95. The van der Waals surface area contributed by atoms with Crippen LogP contribution in [-0.2, 0) is 10.9 Å². The first-order chi connectivity index (χ1) is 9.44. The highest BCUT2D eigenvalue weighted by Crippen LogP contribution is 2.33. The molecule has 0 aliphatic heterocycles. The van der Waals surface area contributed by atoms with Gasteiger partial charge in [0.15, 0.2) is 0 Å². The molecule has 108 valence electrons. The predicted octanol–water partition coefficient (Wildman–Crippen LogP) is 3.41. The van der Waals surface area contributed by atoms with Gasteiger partial charge < -0.3 is 10.1 Å². The maximum atomic E-state index is 12.6. The summed E-state index contributed by atoms with van der Waals surface area (Å²) in [4.78, 5) is 0. The molecule has 1 aliphatic rings. The highest BCUT2D eigenvalue weighted by atomic mass is 19.4. The first kappa shape index (κ1) is 14.7. The van der Waals surface area contributed by atoms with E-state index in [4.69, 9.17) is 10.00 Å². The van der Waals surface area contributed by atoms with Gasteiger partial charge in [0.2, 0.25) is 0 Å². The summed E-state index contributed by atoms with van der Waals surface area (Å²) in [6, 6.07) is 5.14. The molecule has 2 rings (SSSR count). The van der Waals surface area contributed by atoms with Crippen LogP contribution < -0.4 is 5.32 Å². The standard InChI is InChI=1S/C14H15F3N2O/c1-20-12-4-9(5-12)8-19-11-2-3-13(14(15,16)17)10(6-11)7-18/h2-3,6,9,12,19H,4-5,8H2,1H3. The molecule has 0 saturated heterocycles. The minimum absolute atomic E-state index is 0.295. The largest absolute Gasteiger partial charge is 0.417 e.